The van der Waals surface area contributed by atoms with Gasteiger partial charge < -0.3 is 25.8 Å². The van der Waals surface area contributed by atoms with Crippen molar-refractivity contribution in [3.63, 3.8) is 0 Å². The second-order valence-corrected chi connectivity index (χ2v) is 4.88. The number of ether oxygens (including phenoxy) is 1. The van der Waals surface area contributed by atoms with Crippen LogP contribution in [0.1, 0.15) is 19.3 Å². The van der Waals surface area contributed by atoms with E-state index in [0.29, 0.717) is 19.5 Å². The van der Waals surface area contributed by atoms with Crippen molar-refractivity contribution in [1.82, 2.24) is 4.90 Å². The van der Waals surface area contributed by atoms with Crippen LogP contribution in [0.3, 0.4) is 0 Å². The molecule has 7 nitrogen and oxygen atoms in total. The van der Waals surface area contributed by atoms with E-state index in [0.717, 1.165) is 12.8 Å². The van der Waals surface area contributed by atoms with Gasteiger partial charge in [0.15, 0.2) is 0 Å². The van der Waals surface area contributed by atoms with Crippen LogP contribution in [0.5, 0.6) is 0 Å². The van der Waals surface area contributed by atoms with E-state index in [9.17, 15) is 15.0 Å². The van der Waals surface area contributed by atoms with Crippen molar-refractivity contribution in [2.45, 2.75) is 37.5 Å². The fourth-order valence-corrected chi connectivity index (χ4v) is 1.88. The second kappa shape index (κ2) is 11.0. The van der Waals surface area contributed by atoms with Gasteiger partial charge in [0, 0.05) is 13.1 Å². The number of aliphatic hydroxyl groups is 3. The predicted molar refractivity (Wildman–Crippen MR) is 74.7 cm³/mol. The molecular formula is C13H27N2O5. The summed E-state index contributed by atoms with van der Waals surface area (Å²) in [5.74, 6) is -0.425. The minimum absolute atomic E-state index is 0.270. The summed E-state index contributed by atoms with van der Waals surface area (Å²) in [6.45, 7) is 4.38. The maximum Gasteiger partial charge on any atom is 0.322 e. The molecule has 20 heavy (non-hydrogen) atoms. The lowest BCUT2D eigenvalue weighted by atomic mass is 10.1. The highest BCUT2D eigenvalue weighted by Crippen LogP contribution is 2.04. The molecule has 7 heteroatoms. The minimum Gasteiger partial charge on any atom is -0.468 e. The summed E-state index contributed by atoms with van der Waals surface area (Å²) in [7, 11) is 1.30. The van der Waals surface area contributed by atoms with E-state index in [1.807, 2.05) is 4.90 Å². The molecule has 1 radical (unpaired) electrons. The molecule has 119 valence electrons. The molecule has 0 aromatic carbocycles. The molecule has 0 amide bonds. The third-order valence-electron chi connectivity index (χ3n) is 2.89. The fourth-order valence-electron chi connectivity index (χ4n) is 1.88. The number of esters is 1. The maximum atomic E-state index is 11.1. The number of hydrogen-bond acceptors (Lipinski definition) is 7. The summed E-state index contributed by atoms with van der Waals surface area (Å²) >= 11 is 0. The normalized spacial score (nSPS) is 15.9. The number of rotatable bonds is 11. The monoisotopic (exact) mass is 291 g/mol. The van der Waals surface area contributed by atoms with Gasteiger partial charge in [0.05, 0.1) is 25.9 Å². The standard InChI is InChI=1S/C13H27N2O5/c1-10(17)7-15(8-11(18)9-16)6-4-3-5-12(14)13(19)20-2/h10-12,16-18H,1,3-9,14H2,2H3. The molecule has 0 bridgehead atoms. The Morgan fingerprint density at radius 2 is 2.00 bits per heavy atom. The molecule has 0 saturated carbocycles. The van der Waals surface area contributed by atoms with Crippen molar-refractivity contribution in [2.75, 3.05) is 33.4 Å². The molecule has 3 atom stereocenters. The van der Waals surface area contributed by atoms with Crippen LogP contribution in [0.2, 0.25) is 0 Å². The molecule has 5 N–H and O–H groups in total. The Balaban J connectivity index is 3.97. The summed E-state index contributed by atoms with van der Waals surface area (Å²) in [5.41, 5.74) is 5.62. The number of carbonyl (C=O) groups excluding carboxylic acids is 1. The first-order chi connectivity index (χ1) is 9.40. The van der Waals surface area contributed by atoms with Gasteiger partial charge >= 0.3 is 5.97 Å². The molecule has 0 aliphatic rings. The number of carbonyl (C=O) groups is 1. The van der Waals surface area contributed by atoms with Crippen LogP contribution in [0.15, 0.2) is 0 Å². The van der Waals surface area contributed by atoms with Gasteiger partial charge in [-0.1, -0.05) is 6.42 Å². The number of hydrogen-bond donors (Lipinski definition) is 4. The van der Waals surface area contributed by atoms with E-state index in [2.05, 4.69) is 11.7 Å². The summed E-state index contributed by atoms with van der Waals surface area (Å²) in [5, 5.41) is 27.5. The van der Waals surface area contributed by atoms with Gasteiger partial charge in [0.2, 0.25) is 0 Å². The Hall–Kier alpha value is -0.730. The van der Waals surface area contributed by atoms with Crippen molar-refractivity contribution in [2.24, 2.45) is 5.73 Å². The second-order valence-electron chi connectivity index (χ2n) is 4.88. The Morgan fingerprint density at radius 3 is 2.50 bits per heavy atom. The van der Waals surface area contributed by atoms with E-state index in [1.54, 1.807) is 0 Å². The third-order valence-corrected chi connectivity index (χ3v) is 2.89. The first kappa shape index (κ1) is 19.3. The average Bonchev–Trinajstić information content (AvgIpc) is 2.41. The lowest BCUT2D eigenvalue weighted by Crippen LogP contribution is -2.39. The quantitative estimate of drug-likeness (QED) is 0.270. The Labute approximate surface area is 120 Å². The first-order valence-corrected chi connectivity index (χ1v) is 6.76. The zero-order valence-corrected chi connectivity index (χ0v) is 12.1. The van der Waals surface area contributed by atoms with Crippen LogP contribution < -0.4 is 5.73 Å². The maximum absolute atomic E-state index is 11.1. The van der Waals surface area contributed by atoms with Crippen LogP contribution in [0, 0.1) is 6.92 Å². The van der Waals surface area contributed by atoms with E-state index in [4.69, 9.17) is 10.8 Å². The molecule has 3 unspecified atom stereocenters. The van der Waals surface area contributed by atoms with E-state index in [-0.39, 0.29) is 13.2 Å². The lowest BCUT2D eigenvalue weighted by molar-refractivity contribution is -0.142. The smallest absolute Gasteiger partial charge is 0.322 e. The molecule has 0 saturated heterocycles. The van der Waals surface area contributed by atoms with Gasteiger partial charge in [0.25, 0.3) is 0 Å². The van der Waals surface area contributed by atoms with Crippen LogP contribution in [-0.4, -0.2) is 77.8 Å². The van der Waals surface area contributed by atoms with E-state index < -0.39 is 24.2 Å². The predicted octanol–water partition coefficient (Wildman–Crippen LogP) is -1.49. The van der Waals surface area contributed by atoms with Crippen LogP contribution in [-0.2, 0) is 9.53 Å². The first-order valence-electron chi connectivity index (χ1n) is 6.76. The largest absolute Gasteiger partial charge is 0.468 e. The Kier molecular flexibility index (Phi) is 10.6. The van der Waals surface area contributed by atoms with E-state index >= 15 is 0 Å². The average molecular weight is 291 g/mol. The van der Waals surface area contributed by atoms with Gasteiger partial charge in [-0.05, 0) is 26.3 Å². The molecule has 0 rings (SSSR count). The number of nitrogens with zero attached hydrogens (tertiary/aromatic N) is 1. The third kappa shape index (κ3) is 9.22. The van der Waals surface area contributed by atoms with Crippen molar-refractivity contribution < 1.29 is 24.9 Å². The highest BCUT2D eigenvalue weighted by Gasteiger charge is 2.15. The number of unbranched alkanes of at least 4 members (excludes halogenated alkanes) is 1. The highest BCUT2D eigenvalue weighted by atomic mass is 16.5. The van der Waals surface area contributed by atoms with Gasteiger partial charge in [-0.2, -0.15) is 0 Å². The van der Waals surface area contributed by atoms with Crippen molar-refractivity contribution in [1.29, 1.82) is 0 Å². The number of aliphatic hydroxyl groups excluding tert-OH is 3. The van der Waals surface area contributed by atoms with Crippen LogP contribution in [0.25, 0.3) is 0 Å². The van der Waals surface area contributed by atoms with Crippen molar-refractivity contribution in [3.8, 4) is 0 Å². The SMILES string of the molecule is [CH2]C(O)CN(CCCCC(N)C(=O)OC)CC(O)CO. The zero-order valence-electron chi connectivity index (χ0n) is 12.1. The van der Waals surface area contributed by atoms with Crippen molar-refractivity contribution >= 4 is 5.97 Å². The highest BCUT2D eigenvalue weighted by molar-refractivity contribution is 5.75. The minimum atomic E-state index is -0.842. The molecule has 0 fully saturated rings. The van der Waals surface area contributed by atoms with Crippen molar-refractivity contribution in [3.05, 3.63) is 6.92 Å². The van der Waals surface area contributed by atoms with Gasteiger partial charge in [-0.15, -0.1) is 0 Å². The van der Waals surface area contributed by atoms with Gasteiger partial charge in [-0.25, -0.2) is 0 Å². The summed E-state index contributed by atoms with van der Waals surface area (Å²) < 4.78 is 4.53. The molecule has 0 aliphatic carbocycles. The molecule has 0 heterocycles. The fraction of sp³-hybridized carbons (Fsp3) is 0.846. The van der Waals surface area contributed by atoms with Crippen LogP contribution >= 0.6 is 0 Å². The lowest BCUT2D eigenvalue weighted by Gasteiger charge is -2.25. The topological polar surface area (TPSA) is 116 Å². The summed E-state index contributed by atoms with van der Waals surface area (Å²) in [6, 6.07) is -0.616. The molecular weight excluding hydrogens is 264 g/mol. The molecule has 0 spiro atoms. The Bertz CT molecular complexity index is 263. The van der Waals surface area contributed by atoms with Gasteiger partial charge in [0.1, 0.15) is 6.04 Å². The summed E-state index contributed by atoms with van der Waals surface area (Å²) in [6.07, 6.45) is 0.421. The van der Waals surface area contributed by atoms with Crippen LogP contribution in [0.4, 0.5) is 0 Å². The molecule has 0 aliphatic heterocycles. The summed E-state index contributed by atoms with van der Waals surface area (Å²) in [4.78, 5) is 12.9. The van der Waals surface area contributed by atoms with E-state index in [1.165, 1.54) is 7.11 Å². The Morgan fingerprint density at radius 1 is 1.35 bits per heavy atom. The number of methoxy groups -OCH3 is 1. The zero-order chi connectivity index (χ0) is 15.5. The van der Waals surface area contributed by atoms with Gasteiger partial charge in [-0.3, -0.25) is 9.69 Å². The number of nitrogens with two attached hydrogens (primary N) is 1. The molecule has 0 aromatic rings. The molecule has 0 aromatic heterocycles.